The van der Waals surface area contributed by atoms with Crippen molar-refractivity contribution in [3.8, 4) is 12.5 Å². The van der Waals surface area contributed by atoms with Crippen LogP contribution < -0.4 is 0 Å². The molecule has 1 heterocycles. The summed E-state index contributed by atoms with van der Waals surface area (Å²) in [6.07, 6.45) is 3.83. The molecule has 12 heavy (non-hydrogen) atoms. The Bertz CT molecular complexity index is 197. The van der Waals surface area contributed by atoms with Crippen LogP contribution in [0, 0.1) is 18.4 Å². The Morgan fingerprint density at radius 1 is 1.50 bits per heavy atom. The number of terminal acetylenes is 1. The molecule has 2 N–H and O–H groups in total. The van der Waals surface area contributed by atoms with Gasteiger partial charge in [-0.05, 0) is 5.92 Å². The average Bonchev–Trinajstić information content (AvgIpc) is 2.28. The van der Waals surface area contributed by atoms with Crippen LogP contribution in [0.2, 0.25) is 0 Å². The van der Waals surface area contributed by atoms with Gasteiger partial charge in [0.15, 0.2) is 0 Å². The van der Waals surface area contributed by atoms with E-state index in [4.69, 9.17) is 6.42 Å². The van der Waals surface area contributed by atoms with Gasteiger partial charge in [0.1, 0.15) is 12.2 Å². The molecule has 0 saturated carbocycles. The summed E-state index contributed by atoms with van der Waals surface area (Å²) < 4.78 is 0. The van der Waals surface area contributed by atoms with Gasteiger partial charge in [0.05, 0.1) is 12.6 Å². The highest BCUT2D eigenvalue weighted by atomic mass is 16.3. The van der Waals surface area contributed by atoms with Crippen molar-refractivity contribution in [3.05, 3.63) is 0 Å². The van der Waals surface area contributed by atoms with Gasteiger partial charge in [-0.25, -0.2) is 0 Å². The molecular formula is C9H15NO2. The van der Waals surface area contributed by atoms with E-state index in [0.717, 1.165) is 0 Å². The summed E-state index contributed by atoms with van der Waals surface area (Å²) in [5.41, 5.74) is 0. The summed E-state index contributed by atoms with van der Waals surface area (Å²) in [6.45, 7) is 4.34. The minimum atomic E-state index is -0.707. The lowest BCUT2D eigenvalue weighted by Gasteiger charge is -2.25. The Labute approximate surface area is 73.0 Å². The molecule has 0 bridgehead atoms. The van der Waals surface area contributed by atoms with Crippen LogP contribution >= 0.6 is 0 Å². The van der Waals surface area contributed by atoms with Gasteiger partial charge in [-0.2, -0.15) is 0 Å². The SMILES string of the molecule is C#CN1CC(O)C(O)C1C(C)C. The Kier molecular flexibility index (Phi) is 2.61. The van der Waals surface area contributed by atoms with E-state index in [-0.39, 0.29) is 12.0 Å². The second kappa shape index (κ2) is 3.34. The molecule has 1 rings (SSSR count). The topological polar surface area (TPSA) is 43.7 Å². The molecule has 0 aliphatic carbocycles. The van der Waals surface area contributed by atoms with Crippen LogP contribution in [-0.2, 0) is 0 Å². The number of aliphatic hydroxyl groups excluding tert-OH is 2. The Morgan fingerprint density at radius 3 is 2.42 bits per heavy atom. The lowest BCUT2D eigenvalue weighted by Crippen LogP contribution is -2.38. The maximum Gasteiger partial charge on any atom is 0.103 e. The zero-order valence-electron chi connectivity index (χ0n) is 7.44. The van der Waals surface area contributed by atoms with Gasteiger partial charge >= 0.3 is 0 Å². The van der Waals surface area contributed by atoms with E-state index in [9.17, 15) is 10.2 Å². The third-order valence-electron chi connectivity index (χ3n) is 2.34. The fraction of sp³-hybridized carbons (Fsp3) is 0.778. The second-order valence-corrected chi connectivity index (χ2v) is 3.57. The molecule has 1 aliphatic heterocycles. The Morgan fingerprint density at radius 2 is 2.08 bits per heavy atom. The van der Waals surface area contributed by atoms with Crippen LogP contribution in [0.25, 0.3) is 0 Å². The molecular weight excluding hydrogens is 154 g/mol. The maximum atomic E-state index is 9.54. The summed E-state index contributed by atoms with van der Waals surface area (Å²) in [4.78, 5) is 1.67. The van der Waals surface area contributed by atoms with Crippen molar-refractivity contribution in [2.45, 2.75) is 32.1 Å². The molecule has 0 spiro atoms. The molecule has 0 radical (unpaired) electrons. The molecule has 3 unspecified atom stereocenters. The number of aliphatic hydroxyl groups is 2. The van der Waals surface area contributed by atoms with Crippen LogP contribution in [0.15, 0.2) is 0 Å². The van der Waals surface area contributed by atoms with Crippen molar-refractivity contribution >= 4 is 0 Å². The Balaban J connectivity index is 2.75. The van der Waals surface area contributed by atoms with Gasteiger partial charge in [0.25, 0.3) is 0 Å². The Hall–Kier alpha value is -0.720. The van der Waals surface area contributed by atoms with Gasteiger partial charge in [-0.3, -0.25) is 0 Å². The maximum absolute atomic E-state index is 9.54. The molecule has 0 amide bonds. The van der Waals surface area contributed by atoms with E-state index < -0.39 is 12.2 Å². The smallest absolute Gasteiger partial charge is 0.103 e. The van der Waals surface area contributed by atoms with Gasteiger partial charge in [0, 0.05) is 6.04 Å². The molecule has 3 atom stereocenters. The predicted molar refractivity (Wildman–Crippen MR) is 46.2 cm³/mol. The summed E-state index contributed by atoms with van der Waals surface area (Å²) in [6, 6.07) is 2.36. The first-order valence-corrected chi connectivity index (χ1v) is 4.17. The van der Waals surface area contributed by atoms with Gasteiger partial charge < -0.3 is 15.1 Å². The van der Waals surface area contributed by atoms with Gasteiger partial charge in [0.2, 0.25) is 0 Å². The van der Waals surface area contributed by atoms with Crippen molar-refractivity contribution in [3.63, 3.8) is 0 Å². The molecule has 0 aromatic heterocycles. The van der Waals surface area contributed by atoms with Crippen molar-refractivity contribution in [1.82, 2.24) is 4.90 Å². The lowest BCUT2D eigenvalue weighted by molar-refractivity contribution is 0.0294. The zero-order valence-corrected chi connectivity index (χ0v) is 7.44. The standard InChI is InChI=1S/C9H15NO2/c1-4-10-5-7(11)9(12)8(10)6(2)3/h1,6-9,11-12H,5H2,2-3H3. The van der Waals surface area contributed by atoms with E-state index in [1.165, 1.54) is 0 Å². The summed E-state index contributed by atoms with van der Waals surface area (Å²) in [7, 11) is 0. The molecule has 3 heteroatoms. The number of β-amino-alcohol motifs (C(OH)–C–C–N with tert-alkyl or cyclic N) is 1. The van der Waals surface area contributed by atoms with Gasteiger partial charge in [-0.1, -0.05) is 20.3 Å². The first-order valence-electron chi connectivity index (χ1n) is 4.17. The van der Waals surface area contributed by atoms with Crippen molar-refractivity contribution in [2.24, 2.45) is 5.92 Å². The van der Waals surface area contributed by atoms with E-state index in [0.29, 0.717) is 6.54 Å². The number of hydrogen-bond donors (Lipinski definition) is 2. The van der Waals surface area contributed by atoms with Crippen molar-refractivity contribution < 1.29 is 10.2 Å². The van der Waals surface area contributed by atoms with Crippen LogP contribution in [0.4, 0.5) is 0 Å². The first-order chi connectivity index (χ1) is 5.57. The van der Waals surface area contributed by atoms with E-state index in [1.807, 2.05) is 13.8 Å². The first kappa shape index (κ1) is 9.37. The molecule has 68 valence electrons. The highest BCUT2D eigenvalue weighted by Gasteiger charge is 2.40. The van der Waals surface area contributed by atoms with Crippen LogP contribution in [-0.4, -0.2) is 39.9 Å². The predicted octanol–water partition coefficient (Wildman–Crippen LogP) is -0.361. The third-order valence-corrected chi connectivity index (χ3v) is 2.34. The van der Waals surface area contributed by atoms with Crippen molar-refractivity contribution in [1.29, 1.82) is 0 Å². The van der Waals surface area contributed by atoms with Crippen LogP contribution in [0.5, 0.6) is 0 Å². The largest absolute Gasteiger partial charge is 0.388 e. The minimum absolute atomic E-state index is 0.106. The molecule has 1 fully saturated rings. The highest BCUT2D eigenvalue weighted by Crippen LogP contribution is 2.23. The highest BCUT2D eigenvalue weighted by molar-refractivity contribution is 5.03. The quantitative estimate of drug-likeness (QED) is 0.527. The number of likely N-dealkylation sites (tertiary alicyclic amines) is 1. The summed E-state index contributed by atoms with van der Waals surface area (Å²) in [5, 5.41) is 18.9. The van der Waals surface area contributed by atoms with E-state index in [1.54, 1.807) is 4.90 Å². The normalized spacial score (nSPS) is 35.7. The fourth-order valence-corrected chi connectivity index (χ4v) is 1.74. The van der Waals surface area contributed by atoms with Crippen molar-refractivity contribution in [2.75, 3.05) is 6.54 Å². The number of rotatable bonds is 1. The number of hydrogen-bond acceptors (Lipinski definition) is 3. The van der Waals surface area contributed by atoms with Crippen LogP contribution in [0.3, 0.4) is 0 Å². The molecule has 0 aromatic rings. The molecule has 1 saturated heterocycles. The third kappa shape index (κ3) is 1.40. The summed E-state index contributed by atoms with van der Waals surface area (Å²) >= 11 is 0. The monoisotopic (exact) mass is 169 g/mol. The molecule has 1 aliphatic rings. The molecule has 3 nitrogen and oxygen atoms in total. The van der Waals surface area contributed by atoms with Crippen LogP contribution in [0.1, 0.15) is 13.8 Å². The lowest BCUT2D eigenvalue weighted by atomic mass is 9.99. The number of nitrogens with zero attached hydrogens (tertiary/aromatic N) is 1. The van der Waals surface area contributed by atoms with E-state index >= 15 is 0 Å². The minimum Gasteiger partial charge on any atom is -0.388 e. The van der Waals surface area contributed by atoms with Gasteiger partial charge in [-0.15, -0.1) is 0 Å². The second-order valence-electron chi connectivity index (χ2n) is 3.57. The van der Waals surface area contributed by atoms with E-state index in [2.05, 4.69) is 6.04 Å². The zero-order chi connectivity index (χ0) is 9.30. The average molecular weight is 169 g/mol. The molecule has 0 aromatic carbocycles. The fourth-order valence-electron chi connectivity index (χ4n) is 1.74. The summed E-state index contributed by atoms with van der Waals surface area (Å²) in [5.74, 6) is 0.258.